The second-order valence-electron chi connectivity index (χ2n) is 6.37. The van der Waals surface area contributed by atoms with Crippen LogP contribution in [0.25, 0.3) is 0 Å². The number of likely N-dealkylation sites (N-methyl/N-ethyl adjacent to an activating group) is 1. The van der Waals surface area contributed by atoms with Crippen LogP contribution in [0.5, 0.6) is 0 Å². The summed E-state index contributed by atoms with van der Waals surface area (Å²) in [6, 6.07) is 5.14. The number of carbonyl (C=O) groups is 3. The van der Waals surface area contributed by atoms with E-state index in [0.29, 0.717) is 25.1 Å². The van der Waals surface area contributed by atoms with Crippen molar-refractivity contribution in [1.29, 1.82) is 0 Å². The SMILES string of the molecule is CCNCCNCc1cccc2c1CN(C1CCC(=O)NC1=O)C2=O. The van der Waals surface area contributed by atoms with Gasteiger partial charge in [-0.2, -0.15) is 0 Å². The molecule has 0 bridgehead atoms. The summed E-state index contributed by atoms with van der Waals surface area (Å²) in [6.07, 6.45) is 0.663. The molecule has 1 saturated heterocycles. The Labute approximate surface area is 147 Å². The lowest BCUT2D eigenvalue weighted by Gasteiger charge is -2.29. The Bertz CT molecular complexity index is 689. The second kappa shape index (κ2) is 7.76. The van der Waals surface area contributed by atoms with Crippen molar-refractivity contribution in [3.63, 3.8) is 0 Å². The minimum absolute atomic E-state index is 0.126. The van der Waals surface area contributed by atoms with Crippen LogP contribution in [0.3, 0.4) is 0 Å². The zero-order chi connectivity index (χ0) is 17.8. The van der Waals surface area contributed by atoms with Gasteiger partial charge in [-0.1, -0.05) is 19.1 Å². The molecule has 1 atom stereocenters. The van der Waals surface area contributed by atoms with E-state index < -0.39 is 6.04 Å². The first-order valence-corrected chi connectivity index (χ1v) is 8.78. The molecular formula is C18H24N4O3. The Morgan fingerprint density at radius 1 is 1.20 bits per heavy atom. The van der Waals surface area contributed by atoms with E-state index >= 15 is 0 Å². The number of fused-ring (bicyclic) bond motifs is 1. The molecule has 0 aromatic heterocycles. The van der Waals surface area contributed by atoms with Crippen LogP contribution in [0.4, 0.5) is 0 Å². The molecule has 1 aromatic carbocycles. The highest BCUT2D eigenvalue weighted by atomic mass is 16.2. The summed E-state index contributed by atoms with van der Waals surface area (Å²) in [5.41, 5.74) is 2.72. The van der Waals surface area contributed by atoms with Crippen molar-refractivity contribution in [1.82, 2.24) is 20.9 Å². The summed E-state index contributed by atoms with van der Waals surface area (Å²) in [4.78, 5) is 37.7. The normalized spacial score (nSPS) is 20.0. The van der Waals surface area contributed by atoms with Gasteiger partial charge in [0, 0.05) is 38.2 Å². The fourth-order valence-electron chi connectivity index (χ4n) is 3.39. The molecule has 3 amide bonds. The zero-order valence-corrected chi connectivity index (χ0v) is 14.4. The molecule has 0 saturated carbocycles. The molecule has 7 nitrogen and oxygen atoms in total. The highest BCUT2D eigenvalue weighted by Gasteiger charge is 2.39. The van der Waals surface area contributed by atoms with Crippen LogP contribution in [0.2, 0.25) is 0 Å². The van der Waals surface area contributed by atoms with Gasteiger partial charge in [0.25, 0.3) is 5.91 Å². The fourth-order valence-corrected chi connectivity index (χ4v) is 3.39. The maximum Gasteiger partial charge on any atom is 0.255 e. The lowest BCUT2D eigenvalue weighted by atomic mass is 10.0. The van der Waals surface area contributed by atoms with Crippen LogP contribution in [0.15, 0.2) is 18.2 Å². The quantitative estimate of drug-likeness (QED) is 0.484. The number of rotatable bonds is 7. The largest absolute Gasteiger partial charge is 0.322 e. The van der Waals surface area contributed by atoms with Crippen molar-refractivity contribution < 1.29 is 14.4 Å². The van der Waals surface area contributed by atoms with Gasteiger partial charge >= 0.3 is 0 Å². The van der Waals surface area contributed by atoms with E-state index in [0.717, 1.165) is 30.8 Å². The number of benzene rings is 1. The summed E-state index contributed by atoms with van der Waals surface area (Å²) in [5, 5.41) is 8.96. The van der Waals surface area contributed by atoms with Crippen molar-refractivity contribution in [3.05, 3.63) is 34.9 Å². The van der Waals surface area contributed by atoms with Crippen LogP contribution < -0.4 is 16.0 Å². The third kappa shape index (κ3) is 3.72. The Balaban J connectivity index is 1.69. The molecule has 2 heterocycles. The Hall–Kier alpha value is -2.25. The molecule has 0 radical (unpaired) electrons. The van der Waals surface area contributed by atoms with Crippen molar-refractivity contribution in [3.8, 4) is 0 Å². The van der Waals surface area contributed by atoms with E-state index in [2.05, 4.69) is 22.9 Å². The van der Waals surface area contributed by atoms with Crippen LogP contribution in [-0.2, 0) is 22.7 Å². The molecule has 0 aliphatic carbocycles. The molecule has 3 N–H and O–H groups in total. The first-order valence-electron chi connectivity index (χ1n) is 8.78. The molecule has 1 fully saturated rings. The average Bonchev–Trinajstić information content (AvgIpc) is 2.92. The number of hydrogen-bond acceptors (Lipinski definition) is 5. The summed E-state index contributed by atoms with van der Waals surface area (Å²) in [7, 11) is 0. The topological polar surface area (TPSA) is 90.5 Å². The third-order valence-corrected chi connectivity index (χ3v) is 4.72. The van der Waals surface area contributed by atoms with Crippen molar-refractivity contribution in [2.24, 2.45) is 0 Å². The Kier molecular flexibility index (Phi) is 5.45. The van der Waals surface area contributed by atoms with E-state index in [1.165, 1.54) is 0 Å². The minimum Gasteiger partial charge on any atom is -0.322 e. The summed E-state index contributed by atoms with van der Waals surface area (Å²) < 4.78 is 0. The smallest absolute Gasteiger partial charge is 0.255 e. The highest BCUT2D eigenvalue weighted by molar-refractivity contribution is 6.05. The molecule has 25 heavy (non-hydrogen) atoms. The Morgan fingerprint density at radius 3 is 2.76 bits per heavy atom. The van der Waals surface area contributed by atoms with Crippen molar-refractivity contribution in [2.45, 2.75) is 38.9 Å². The van der Waals surface area contributed by atoms with Gasteiger partial charge in [0.2, 0.25) is 11.8 Å². The predicted molar refractivity (Wildman–Crippen MR) is 92.7 cm³/mol. The van der Waals surface area contributed by atoms with Gasteiger partial charge in [-0.3, -0.25) is 19.7 Å². The average molecular weight is 344 g/mol. The molecule has 0 spiro atoms. The number of nitrogens with one attached hydrogen (secondary N) is 3. The number of amides is 3. The number of piperidine rings is 1. The van der Waals surface area contributed by atoms with Crippen molar-refractivity contribution in [2.75, 3.05) is 19.6 Å². The number of imide groups is 1. The van der Waals surface area contributed by atoms with E-state index in [1.54, 1.807) is 4.90 Å². The minimum atomic E-state index is -0.563. The van der Waals surface area contributed by atoms with Gasteiger partial charge in [-0.05, 0) is 30.2 Å². The summed E-state index contributed by atoms with van der Waals surface area (Å²) in [5.74, 6) is -0.766. The highest BCUT2D eigenvalue weighted by Crippen LogP contribution is 2.29. The van der Waals surface area contributed by atoms with E-state index in [1.807, 2.05) is 18.2 Å². The van der Waals surface area contributed by atoms with Gasteiger partial charge in [0.15, 0.2) is 0 Å². The van der Waals surface area contributed by atoms with Crippen LogP contribution in [0.1, 0.15) is 41.3 Å². The standard InChI is InChI=1S/C18H24N4O3/c1-2-19-8-9-20-10-12-4-3-5-13-14(12)11-22(18(13)25)15-6-7-16(23)21-17(15)24/h3-5,15,19-20H,2,6-11H2,1H3,(H,21,23,24). The monoisotopic (exact) mass is 344 g/mol. The molecule has 1 aromatic rings. The maximum absolute atomic E-state index is 12.7. The first kappa shape index (κ1) is 17.6. The molecule has 1 unspecified atom stereocenters. The molecular weight excluding hydrogens is 320 g/mol. The van der Waals surface area contributed by atoms with Crippen LogP contribution in [0, 0.1) is 0 Å². The molecule has 134 valence electrons. The zero-order valence-electron chi connectivity index (χ0n) is 14.4. The molecule has 7 heteroatoms. The van der Waals surface area contributed by atoms with E-state index in [9.17, 15) is 14.4 Å². The number of nitrogens with zero attached hydrogens (tertiary/aromatic N) is 1. The van der Waals surface area contributed by atoms with Gasteiger partial charge < -0.3 is 15.5 Å². The predicted octanol–water partition coefficient (Wildman–Crippen LogP) is 0.147. The molecule has 3 rings (SSSR count). The summed E-state index contributed by atoms with van der Waals surface area (Å²) >= 11 is 0. The van der Waals surface area contributed by atoms with Crippen LogP contribution in [-0.4, -0.2) is 48.3 Å². The molecule has 2 aliphatic rings. The van der Waals surface area contributed by atoms with E-state index in [-0.39, 0.29) is 24.1 Å². The van der Waals surface area contributed by atoms with Gasteiger partial charge in [0.05, 0.1) is 0 Å². The second-order valence-corrected chi connectivity index (χ2v) is 6.37. The van der Waals surface area contributed by atoms with Gasteiger partial charge in [0.1, 0.15) is 6.04 Å². The van der Waals surface area contributed by atoms with Gasteiger partial charge in [-0.15, -0.1) is 0 Å². The van der Waals surface area contributed by atoms with E-state index in [4.69, 9.17) is 0 Å². The number of hydrogen-bond donors (Lipinski definition) is 3. The fraction of sp³-hybridized carbons (Fsp3) is 0.500. The first-order chi connectivity index (χ1) is 12.1. The lowest BCUT2D eigenvalue weighted by molar-refractivity contribution is -0.136. The van der Waals surface area contributed by atoms with Crippen molar-refractivity contribution >= 4 is 17.7 Å². The lowest BCUT2D eigenvalue weighted by Crippen LogP contribution is -2.52. The molecule has 2 aliphatic heterocycles. The Morgan fingerprint density at radius 2 is 2.00 bits per heavy atom. The maximum atomic E-state index is 12.7. The summed E-state index contributed by atoms with van der Waals surface area (Å²) in [6.45, 7) is 5.86. The van der Waals surface area contributed by atoms with Gasteiger partial charge in [-0.25, -0.2) is 0 Å². The third-order valence-electron chi connectivity index (χ3n) is 4.72. The van der Waals surface area contributed by atoms with Crippen LogP contribution >= 0.6 is 0 Å². The number of carbonyl (C=O) groups excluding carboxylic acids is 3.